The molecule has 0 spiro atoms. The Hall–Kier alpha value is -2.54. The van der Waals surface area contributed by atoms with Gasteiger partial charge < -0.3 is 9.64 Å². The van der Waals surface area contributed by atoms with E-state index in [-0.39, 0.29) is 12.0 Å². The number of carbonyl (C=O) groups is 1. The third-order valence-corrected chi connectivity index (χ3v) is 4.86. The fourth-order valence-corrected chi connectivity index (χ4v) is 3.62. The smallest absolute Gasteiger partial charge is 0.254 e. The van der Waals surface area contributed by atoms with Gasteiger partial charge in [0.2, 0.25) is 5.88 Å². The number of ether oxygens (including phenoxy) is 1. The SMILES string of the molecule is O=C(c1ccc2ncsc2c1)N1CCC[C@H](Oc2cnccn2)C1. The molecule has 1 amide bonds. The summed E-state index contributed by atoms with van der Waals surface area (Å²) >= 11 is 1.55. The molecule has 6 nitrogen and oxygen atoms in total. The molecule has 1 aliphatic rings. The summed E-state index contributed by atoms with van der Waals surface area (Å²) in [4.78, 5) is 27.0. The maximum absolute atomic E-state index is 12.8. The molecular formula is C17H16N4O2S. The minimum Gasteiger partial charge on any atom is -0.471 e. The van der Waals surface area contributed by atoms with Crippen molar-refractivity contribution in [2.75, 3.05) is 13.1 Å². The highest BCUT2D eigenvalue weighted by Gasteiger charge is 2.26. The Balaban J connectivity index is 1.47. The van der Waals surface area contributed by atoms with E-state index >= 15 is 0 Å². The van der Waals surface area contributed by atoms with Gasteiger partial charge in [0.1, 0.15) is 6.10 Å². The summed E-state index contributed by atoms with van der Waals surface area (Å²) in [6, 6.07) is 5.66. The number of hydrogen-bond acceptors (Lipinski definition) is 6. The second-order valence-corrected chi connectivity index (χ2v) is 6.60. The van der Waals surface area contributed by atoms with Gasteiger partial charge in [0.25, 0.3) is 5.91 Å². The molecule has 0 radical (unpaired) electrons. The van der Waals surface area contributed by atoms with Crippen LogP contribution in [0, 0.1) is 0 Å². The molecule has 3 aromatic rings. The van der Waals surface area contributed by atoms with Gasteiger partial charge in [-0.15, -0.1) is 11.3 Å². The van der Waals surface area contributed by atoms with Crippen LogP contribution in [0.2, 0.25) is 0 Å². The molecule has 24 heavy (non-hydrogen) atoms. The molecule has 0 saturated carbocycles. The van der Waals surface area contributed by atoms with Crippen LogP contribution in [-0.4, -0.2) is 45.0 Å². The quantitative estimate of drug-likeness (QED) is 0.733. The van der Waals surface area contributed by atoms with Crippen LogP contribution in [-0.2, 0) is 0 Å². The first-order chi connectivity index (χ1) is 11.8. The van der Waals surface area contributed by atoms with Crippen molar-refractivity contribution in [2.45, 2.75) is 18.9 Å². The molecule has 0 unspecified atom stereocenters. The molecule has 122 valence electrons. The van der Waals surface area contributed by atoms with Gasteiger partial charge in [-0.1, -0.05) is 0 Å². The van der Waals surface area contributed by atoms with Crippen LogP contribution in [0.1, 0.15) is 23.2 Å². The van der Waals surface area contributed by atoms with E-state index in [1.165, 1.54) is 0 Å². The lowest BCUT2D eigenvalue weighted by atomic mass is 10.1. The van der Waals surface area contributed by atoms with Crippen LogP contribution in [0.15, 0.2) is 42.3 Å². The third-order valence-electron chi connectivity index (χ3n) is 4.07. The fourth-order valence-electron chi connectivity index (χ4n) is 2.91. The molecular weight excluding hydrogens is 324 g/mol. The van der Waals surface area contributed by atoms with Crippen molar-refractivity contribution in [3.05, 3.63) is 47.9 Å². The van der Waals surface area contributed by atoms with Crippen molar-refractivity contribution in [3.63, 3.8) is 0 Å². The van der Waals surface area contributed by atoms with Gasteiger partial charge in [-0.3, -0.25) is 9.78 Å². The average Bonchev–Trinajstić information content (AvgIpc) is 3.10. The molecule has 1 fully saturated rings. The van der Waals surface area contributed by atoms with Crippen LogP contribution in [0.4, 0.5) is 0 Å². The highest BCUT2D eigenvalue weighted by atomic mass is 32.1. The summed E-state index contributed by atoms with van der Waals surface area (Å²) in [7, 11) is 0. The van der Waals surface area contributed by atoms with Crippen molar-refractivity contribution in [2.24, 2.45) is 0 Å². The van der Waals surface area contributed by atoms with Crippen molar-refractivity contribution in [1.82, 2.24) is 19.9 Å². The van der Waals surface area contributed by atoms with Gasteiger partial charge in [-0.2, -0.15) is 0 Å². The van der Waals surface area contributed by atoms with Gasteiger partial charge in [0, 0.05) is 24.5 Å². The topological polar surface area (TPSA) is 68.2 Å². The number of hydrogen-bond donors (Lipinski definition) is 0. The number of fused-ring (bicyclic) bond motifs is 1. The minimum atomic E-state index is -0.0495. The number of carbonyl (C=O) groups excluding carboxylic acids is 1. The molecule has 1 aromatic carbocycles. The molecule has 1 aliphatic heterocycles. The third kappa shape index (κ3) is 3.07. The molecule has 0 bridgehead atoms. The molecule has 1 saturated heterocycles. The molecule has 3 heterocycles. The zero-order valence-electron chi connectivity index (χ0n) is 13.0. The van der Waals surface area contributed by atoms with E-state index in [9.17, 15) is 4.79 Å². The summed E-state index contributed by atoms with van der Waals surface area (Å²) in [6.45, 7) is 1.32. The first-order valence-electron chi connectivity index (χ1n) is 7.85. The maximum atomic E-state index is 12.8. The first kappa shape index (κ1) is 15.0. The summed E-state index contributed by atoms with van der Waals surface area (Å²) in [5, 5.41) is 0. The lowest BCUT2D eigenvalue weighted by molar-refractivity contribution is 0.0527. The van der Waals surface area contributed by atoms with Crippen LogP contribution >= 0.6 is 11.3 Å². The Morgan fingerprint density at radius 3 is 3.12 bits per heavy atom. The second kappa shape index (κ2) is 6.52. The van der Waals surface area contributed by atoms with Gasteiger partial charge in [-0.05, 0) is 31.0 Å². The highest BCUT2D eigenvalue weighted by Crippen LogP contribution is 2.22. The highest BCUT2D eigenvalue weighted by molar-refractivity contribution is 7.16. The second-order valence-electron chi connectivity index (χ2n) is 5.71. The monoisotopic (exact) mass is 340 g/mol. The number of piperidine rings is 1. The van der Waals surface area contributed by atoms with E-state index in [4.69, 9.17) is 4.74 Å². The number of benzene rings is 1. The fraction of sp³-hybridized carbons (Fsp3) is 0.294. The number of likely N-dealkylation sites (tertiary alicyclic amines) is 1. The summed E-state index contributed by atoms with van der Waals surface area (Å²) in [5.74, 6) is 0.542. The Bertz CT molecular complexity index is 852. The summed E-state index contributed by atoms with van der Waals surface area (Å²) in [5.41, 5.74) is 3.43. The number of thiazole rings is 1. The zero-order valence-corrected chi connectivity index (χ0v) is 13.8. The van der Waals surface area contributed by atoms with Crippen molar-refractivity contribution < 1.29 is 9.53 Å². The molecule has 0 N–H and O–H groups in total. The number of nitrogens with zero attached hydrogens (tertiary/aromatic N) is 4. The lowest BCUT2D eigenvalue weighted by Gasteiger charge is -2.32. The van der Waals surface area contributed by atoms with Gasteiger partial charge in [0.05, 0.1) is 28.5 Å². The molecule has 1 atom stereocenters. The normalized spacial score (nSPS) is 17.8. The molecule has 4 rings (SSSR count). The number of aromatic nitrogens is 3. The van der Waals surface area contributed by atoms with Crippen LogP contribution in [0.5, 0.6) is 5.88 Å². The first-order valence-corrected chi connectivity index (χ1v) is 8.73. The molecule has 0 aliphatic carbocycles. The Morgan fingerprint density at radius 2 is 2.25 bits per heavy atom. The minimum absolute atomic E-state index is 0.0396. The number of rotatable bonds is 3. The van der Waals surface area contributed by atoms with E-state index in [2.05, 4.69) is 15.0 Å². The van der Waals surface area contributed by atoms with Crippen LogP contribution < -0.4 is 4.74 Å². The van der Waals surface area contributed by atoms with E-state index in [1.54, 1.807) is 35.4 Å². The van der Waals surface area contributed by atoms with Gasteiger partial charge in [0.15, 0.2) is 0 Å². The average molecular weight is 340 g/mol. The Morgan fingerprint density at radius 1 is 1.29 bits per heavy atom. The van der Waals surface area contributed by atoms with Crippen LogP contribution in [0.3, 0.4) is 0 Å². The lowest BCUT2D eigenvalue weighted by Crippen LogP contribution is -2.44. The summed E-state index contributed by atoms with van der Waals surface area (Å²) in [6.07, 6.45) is 6.59. The standard InChI is InChI=1S/C17H16N4O2S/c22-17(12-3-4-14-15(8-12)24-11-20-14)21-7-1-2-13(10-21)23-16-9-18-5-6-19-16/h3-6,8-9,11,13H,1-2,7,10H2/t13-/m0/s1. The maximum Gasteiger partial charge on any atom is 0.254 e. The molecule has 2 aromatic heterocycles. The van der Waals surface area contributed by atoms with Crippen LogP contribution in [0.25, 0.3) is 10.2 Å². The predicted molar refractivity (Wildman–Crippen MR) is 91.2 cm³/mol. The largest absolute Gasteiger partial charge is 0.471 e. The van der Waals surface area contributed by atoms with E-state index in [0.717, 1.165) is 29.6 Å². The Kier molecular flexibility index (Phi) is 4.08. The van der Waals surface area contributed by atoms with E-state index in [1.807, 2.05) is 23.1 Å². The van der Waals surface area contributed by atoms with E-state index < -0.39 is 0 Å². The zero-order chi connectivity index (χ0) is 16.4. The number of amides is 1. The molecule has 7 heteroatoms. The predicted octanol–water partition coefficient (Wildman–Crippen LogP) is 2.77. The van der Waals surface area contributed by atoms with Crippen molar-refractivity contribution >= 4 is 27.5 Å². The van der Waals surface area contributed by atoms with Gasteiger partial charge in [-0.25, -0.2) is 9.97 Å². The summed E-state index contributed by atoms with van der Waals surface area (Å²) < 4.78 is 6.89. The van der Waals surface area contributed by atoms with E-state index in [0.29, 0.717) is 18.0 Å². The van der Waals surface area contributed by atoms with Crippen molar-refractivity contribution in [3.8, 4) is 5.88 Å². The van der Waals surface area contributed by atoms with Gasteiger partial charge >= 0.3 is 0 Å². The Labute approximate surface area is 143 Å². The van der Waals surface area contributed by atoms with Crippen molar-refractivity contribution in [1.29, 1.82) is 0 Å².